The van der Waals surface area contributed by atoms with Gasteiger partial charge in [-0.25, -0.2) is 0 Å². The van der Waals surface area contributed by atoms with Crippen molar-refractivity contribution >= 4 is 18.1 Å². The zero-order chi connectivity index (χ0) is 18.0. The molecule has 26 heavy (non-hydrogen) atoms. The van der Waals surface area contributed by atoms with Gasteiger partial charge in [-0.2, -0.15) is 0 Å². The standard InChI is InChI=1S/C23H26O3/c24-18-25-15-6-1-2-7-16-26-23-12-8-11-21-17-20(13-14-22(21)23)19-9-4-3-5-10-19/h3-5,8-12,17-18H,1-2,6-7,13-16H2. The number of rotatable bonds is 10. The number of allylic oxidation sites excluding steroid dienone is 1. The van der Waals surface area contributed by atoms with Gasteiger partial charge < -0.3 is 9.47 Å². The Bertz CT molecular complexity index is 734. The lowest BCUT2D eigenvalue weighted by Crippen LogP contribution is -2.05. The van der Waals surface area contributed by atoms with Gasteiger partial charge >= 0.3 is 0 Å². The number of ether oxygens (including phenoxy) is 2. The van der Waals surface area contributed by atoms with Crippen molar-refractivity contribution in [1.29, 1.82) is 0 Å². The monoisotopic (exact) mass is 350 g/mol. The minimum Gasteiger partial charge on any atom is -0.493 e. The highest BCUT2D eigenvalue weighted by Crippen LogP contribution is 2.35. The summed E-state index contributed by atoms with van der Waals surface area (Å²) in [6.45, 7) is 1.77. The number of carbonyl (C=O) groups is 1. The average molecular weight is 350 g/mol. The van der Waals surface area contributed by atoms with Crippen LogP contribution in [-0.2, 0) is 16.0 Å². The van der Waals surface area contributed by atoms with Crippen molar-refractivity contribution < 1.29 is 14.3 Å². The summed E-state index contributed by atoms with van der Waals surface area (Å²) in [6.07, 6.45) is 8.47. The van der Waals surface area contributed by atoms with Crippen molar-refractivity contribution in [2.45, 2.75) is 38.5 Å². The molecule has 136 valence electrons. The summed E-state index contributed by atoms with van der Waals surface area (Å²) in [6, 6.07) is 16.9. The molecule has 2 aromatic carbocycles. The molecule has 0 fully saturated rings. The Hall–Kier alpha value is -2.55. The molecule has 3 rings (SSSR count). The Morgan fingerprint density at radius 2 is 1.65 bits per heavy atom. The van der Waals surface area contributed by atoms with Crippen LogP contribution < -0.4 is 4.74 Å². The number of fused-ring (bicyclic) bond motifs is 1. The first-order valence-electron chi connectivity index (χ1n) is 9.44. The van der Waals surface area contributed by atoms with Gasteiger partial charge in [0.1, 0.15) is 5.75 Å². The number of benzene rings is 2. The quantitative estimate of drug-likeness (QED) is 0.432. The third kappa shape index (κ3) is 4.98. The Labute approximate surface area is 155 Å². The largest absolute Gasteiger partial charge is 0.493 e. The zero-order valence-corrected chi connectivity index (χ0v) is 15.2. The highest BCUT2D eigenvalue weighted by molar-refractivity contribution is 5.85. The zero-order valence-electron chi connectivity index (χ0n) is 15.2. The number of unbranched alkanes of at least 4 members (excludes halogenated alkanes) is 3. The van der Waals surface area contributed by atoms with E-state index < -0.39 is 0 Å². The van der Waals surface area contributed by atoms with Gasteiger partial charge in [0.15, 0.2) is 0 Å². The lowest BCUT2D eigenvalue weighted by atomic mass is 9.88. The second-order valence-electron chi connectivity index (χ2n) is 6.59. The van der Waals surface area contributed by atoms with Gasteiger partial charge in [0.05, 0.1) is 13.2 Å². The molecule has 0 saturated carbocycles. The first-order chi connectivity index (χ1) is 12.9. The molecule has 3 nitrogen and oxygen atoms in total. The van der Waals surface area contributed by atoms with Crippen LogP contribution in [0, 0.1) is 0 Å². The smallest absolute Gasteiger partial charge is 0.293 e. The van der Waals surface area contributed by atoms with Gasteiger partial charge in [-0.15, -0.1) is 0 Å². The van der Waals surface area contributed by atoms with Gasteiger partial charge in [0.25, 0.3) is 6.47 Å². The van der Waals surface area contributed by atoms with Gasteiger partial charge in [-0.1, -0.05) is 48.5 Å². The molecule has 0 saturated heterocycles. The van der Waals surface area contributed by atoms with Gasteiger partial charge in [0.2, 0.25) is 0 Å². The summed E-state index contributed by atoms with van der Waals surface area (Å²) in [5.41, 5.74) is 5.31. The molecule has 0 atom stereocenters. The van der Waals surface area contributed by atoms with E-state index in [1.165, 1.54) is 22.3 Å². The number of hydrogen-bond acceptors (Lipinski definition) is 3. The summed E-state index contributed by atoms with van der Waals surface area (Å²) < 4.78 is 10.8. The van der Waals surface area contributed by atoms with Crippen molar-refractivity contribution in [3.8, 4) is 5.75 Å². The van der Waals surface area contributed by atoms with Gasteiger partial charge in [0, 0.05) is 5.56 Å². The second-order valence-corrected chi connectivity index (χ2v) is 6.59. The van der Waals surface area contributed by atoms with Crippen molar-refractivity contribution in [3.05, 3.63) is 65.2 Å². The lowest BCUT2D eigenvalue weighted by molar-refractivity contribution is -0.128. The minimum absolute atomic E-state index is 0.513. The van der Waals surface area contributed by atoms with Crippen LogP contribution >= 0.6 is 0 Å². The topological polar surface area (TPSA) is 35.5 Å². The van der Waals surface area contributed by atoms with Crippen LogP contribution in [0.3, 0.4) is 0 Å². The highest BCUT2D eigenvalue weighted by atomic mass is 16.5. The van der Waals surface area contributed by atoms with Crippen molar-refractivity contribution in [2.75, 3.05) is 13.2 Å². The fraction of sp³-hybridized carbons (Fsp3) is 0.348. The van der Waals surface area contributed by atoms with Crippen molar-refractivity contribution in [3.63, 3.8) is 0 Å². The normalized spacial score (nSPS) is 12.8. The van der Waals surface area contributed by atoms with E-state index >= 15 is 0 Å². The maximum atomic E-state index is 10.1. The molecule has 0 N–H and O–H groups in total. The fourth-order valence-corrected chi connectivity index (χ4v) is 3.39. The molecule has 0 radical (unpaired) electrons. The van der Waals surface area contributed by atoms with Crippen molar-refractivity contribution in [2.24, 2.45) is 0 Å². The van der Waals surface area contributed by atoms with Crippen LogP contribution in [0.4, 0.5) is 0 Å². The van der Waals surface area contributed by atoms with E-state index in [1.807, 2.05) is 0 Å². The van der Waals surface area contributed by atoms with Crippen LogP contribution in [0.15, 0.2) is 48.5 Å². The summed E-state index contributed by atoms with van der Waals surface area (Å²) in [4.78, 5) is 10.1. The van der Waals surface area contributed by atoms with Crippen LogP contribution in [0.25, 0.3) is 11.6 Å². The molecule has 0 amide bonds. The molecule has 0 aromatic heterocycles. The van der Waals surface area contributed by atoms with E-state index in [1.54, 1.807) is 0 Å². The summed E-state index contributed by atoms with van der Waals surface area (Å²) in [5, 5.41) is 0. The first kappa shape index (κ1) is 18.2. The summed E-state index contributed by atoms with van der Waals surface area (Å²) >= 11 is 0. The Kier molecular flexibility index (Phi) is 6.88. The third-order valence-electron chi connectivity index (χ3n) is 4.77. The predicted octanol–water partition coefficient (Wildman–Crippen LogP) is 5.29. The maximum Gasteiger partial charge on any atom is 0.293 e. The number of carbonyl (C=O) groups excluding carboxylic acids is 1. The van der Waals surface area contributed by atoms with E-state index in [0.29, 0.717) is 13.1 Å². The fourth-order valence-electron chi connectivity index (χ4n) is 3.39. The maximum absolute atomic E-state index is 10.1. The third-order valence-corrected chi connectivity index (χ3v) is 4.77. The van der Waals surface area contributed by atoms with E-state index in [4.69, 9.17) is 9.47 Å². The Morgan fingerprint density at radius 1 is 0.846 bits per heavy atom. The first-order valence-corrected chi connectivity index (χ1v) is 9.44. The van der Waals surface area contributed by atoms with E-state index in [2.05, 4.69) is 54.6 Å². The predicted molar refractivity (Wildman–Crippen MR) is 105 cm³/mol. The molecule has 0 unspecified atom stereocenters. The van der Waals surface area contributed by atoms with E-state index in [-0.39, 0.29) is 0 Å². The van der Waals surface area contributed by atoms with Gasteiger partial charge in [-0.3, -0.25) is 4.79 Å². The molecule has 0 aliphatic heterocycles. The van der Waals surface area contributed by atoms with E-state index in [9.17, 15) is 4.79 Å². The molecular formula is C23H26O3. The minimum atomic E-state index is 0.513. The Morgan fingerprint density at radius 3 is 2.46 bits per heavy atom. The second kappa shape index (κ2) is 9.81. The molecule has 2 aromatic rings. The molecule has 3 heteroatoms. The average Bonchev–Trinajstić information content (AvgIpc) is 2.70. The van der Waals surface area contributed by atoms with Crippen LogP contribution in [0.1, 0.15) is 48.8 Å². The summed E-state index contributed by atoms with van der Waals surface area (Å²) in [7, 11) is 0. The summed E-state index contributed by atoms with van der Waals surface area (Å²) in [5.74, 6) is 1.02. The van der Waals surface area contributed by atoms with Gasteiger partial charge in [-0.05, 0) is 61.3 Å². The molecule has 0 heterocycles. The van der Waals surface area contributed by atoms with Crippen LogP contribution in [0.2, 0.25) is 0 Å². The van der Waals surface area contributed by atoms with Crippen LogP contribution in [-0.4, -0.2) is 19.7 Å². The van der Waals surface area contributed by atoms with Crippen molar-refractivity contribution in [1.82, 2.24) is 0 Å². The highest BCUT2D eigenvalue weighted by Gasteiger charge is 2.15. The Balaban J connectivity index is 1.54. The molecule has 0 bridgehead atoms. The number of hydrogen-bond donors (Lipinski definition) is 0. The molecule has 0 spiro atoms. The molecule has 1 aliphatic carbocycles. The molecule has 1 aliphatic rings. The lowest BCUT2D eigenvalue weighted by Gasteiger charge is -2.20. The molecular weight excluding hydrogens is 324 g/mol. The van der Waals surface area contributed by atoms with Crippen LogP contribution in [0.5, 0.6) is 5.75 Å². The van der Waals surface area contributed by atoms with E-state index in [0.717, 1.165) is 50.9 Å². The SMILES string of the molecule is O=COCCCCCCOc1cccc2c1CCC(c1ccccc1)=C2.